The minimum Gasteiger partial charge on any atom is -0.465 e. The highest BCUT2D eigenvalue weighted by atomic mass is 16.6. The van der Waals surface area contributed by atoms with Gasteiger partial charge in [-0.15, -0.1) is 0 Å². The predicted molar refractivity (Wildman–Crippen MR) is 47.9 cm³/mol. The fourth-order valence-electron chi connectivity index (χ4n) is 0.771. The summed E-state index contributed by atoms with van der Waals surface area (Å²) in [6.07, 6.45) is 5.14. The Balaban J connectivity index is 2.63. The van der Waals surface area contributed by atoms with Crippen molar-refractivity contribution in [3.8, 4) is 0 Å². The van der Waals surface area contributed by atoms with E-state index in [0.717, 1.165) is 11.3 Å². The van der Waals surface area contributed by atoms with Gasteiger partial charge >= 0.3 is 0 Å². The van der Waals surface area contributed by atoms with E-state index in [1.54, 1.807) is 12.5 Å². The van der Waals surface area contributed by atoms with Crippen molar-refractivity contribution in [2.24, 2.45) is 5.16 Å². The standard InChI is InChI=1S/C9H11NO2/c1-8(7-10-11-2)6-9-4-3-5-12-9/h3-7H,1-2H3/b8-6+,10-7+. The lowest BCUT2D eigenvalue weighted by Gasteiger charge is -1.88. The molecule has 0 aromatic carbocycles. The van der Waals surface area contributed by atoms with Gasteiger partial charge < -0.3 is 9.25 Å². The van der Waals surface area contributed by atoms with Crippen molar-refractivity contribution in [3.05, 3.63) is 29.7 Å². The lowest BCUT2D eigenvalue weighted by atomic mass is 10.3. The average molecular weight is 165 g/mol. The average Bonchev–Trinajstić information content (AvgIpc) is 2.53. The van der Waals surface area contributed by atoms with Crippen molar-refractivity contribution < 1.29 is 9.25 Å². The second kappa shape index (κ2) is 4.38. The summed E-state index contributed by atoms with van der Waals surface area (Å²) in [6.45, 7) is 1.92. The van der Waals surface area contributed by atoms with E-state index in [4.69, 9.17) is 4.42 Å². The number of rotatable bonds is 3. The summed E-state index contributed by atoms with van der Waals surface area (Å²) in [6, 6.07) is 3.72. The van der Waals surface area contributed by atoms with Crippen LogP contribution in [0.3, 0.4) is 0 Å². The maximum Gasteiger partial charge on any atom is 0.126 e. The van der Waals surface area contributed by atoms with Crippen molar-refractivity contribution >= 4 is 12.3 Å². The maximum absolute atomic E-state index is 5.11. The molecule has 0 bridgehead atoms. The zero-order chi connectivity index (χ0) is 8.81. The fourth-order valence-corrected chi connectivity index (χ4v) is 0.771. The minimum atomic E-state index is 0.815. The summed E-state index contributed by atoms with van der Waals surface area (Å²) in [5.74, 6) is 0.815. The van der Waals surface area contributed by atoms with Crippen LogP contribution in [0.2, 0.25) is 0 Å². The van der Waals surface area contributed by atoms with Crippen molar-refractivity contribution in [1.82, 2.24) is 0 Å². The van der Waals surface area contributed by atoms with Crippen LogP contribution < -0.4 is 0 Å². The molecule has 3 nitrogen and oxygen atoms in total. The van der Waals surface area contributed by atoms with Crippen molar-refractivity contribution in [2.45, 2.75) is 6.92 Å². The van der Waals surface area contributed by atoms with Gasteiger partial charge in [-0.2, -0.15) is 0 Å². The third kappa shape index (κ3) is 2.62. The minimum absolute atomic E-state index is 0.815. The summed E-state index contributed by atoms with van der Waals surface area (Å²) in [5, 5.41) is 3.62. The van der Waals surface area contributed by atoms with Crippen molar-refractivity contribution in [3.63, 3.8) is 0 Å². The monoisotopic (exact) mass is 165 g/mol. The highest BCUT2D eigenvalue weighted by Gasteiger charge is 1.89. The number of hydrogen-bond acceptors (Lipinski definition) is 3. The Morgan fingerprint density at radius 2 is 2.50 bits per heavy atom. The smallest absolute Gasteiger partial charge is 0.126 e. The van der Waals surface area contributed by atoms with E-state index in [0.29, 0.717) is 0 Å². The van der Waals surface area contributed by atoms with Crippen LogP contribution in [0.5, 0.6) is 0 Å². The van der Waals surface area contributed by atoms with Gasteiger partial charge in [0.25, 0.3) is 0 Å². The molecule has 0 amide bonds. The van der Waals surface area contributed by atoms with E-state index in [1.807, 2.05) is 25.1 Å². The molecular formula is C9H11NO2. The Morgan fingerprint density at radius 3 is 3.08 bits per heavy atom. The van der Waals surface area contributed by atoms with Gasteiger partial charge in [-0.1, -0.05) is 5.16 Å². The van der Waals surface area contributed by atoms with Crippen LogP contribution in [-0.4, -0.2) is 13.3 Å². The summed E-state index contributed by atoms with van der Waals surface area (Å²) in [7, 11) is 1.51. The topological polar surface area (TPSA) is 34.7 Å². The van der Waals surface area contributed by atoms with Crippen LogP contribution >= 0.6 is 0 Å². The predicted octanol–water partition coefficient (Wildman–Crippen LogP) is 2.32. The first-order valence-electron chi connectivity index (χ1n) is 3.61. The van der Waals surface area contributed by atoms with Gasteiger partial charge in [0.05, 0.1) is 12.5 Å². The molecule has 0 aliphatic carbocycles. The second-order valence-corrected chi connectivity index (χ2v) is 2.32. The molecule has 0 aliphatic rings. The van der Waals surface area contributed by atoms with Gasteiger partial charge in [0.2, 0.25) is 0 Å². The first-order chi connectivity index (χ1) is 5.83. The summed E-state index contributed by atoms with van der Waals surface area (Å²) < 4.78 is 5.11. The summed E-state index contributed by atoms with van der Waals surface area (Å²) >= 11 is 0. The fraction of sp³-hybridized carbons (Fsp3) is 0.222. The Kier molecular flexibility index (Phi) is 3.14. The number of hydrogen-bond donors (Lipinski definition) is 0. The van der Waals surface area contributed by atoms with Crippen LogP contribution in [0.25, 0.3) is 6.08 Å². The first kappa shape index (κ1) is 8.59. The summed E-state index contributed by atoms with van der Waals surface area (Å²) in [5.41, 5.74) is 0.979. The summed E-state index contributed by atoms with van der Waals surface area (Å²) in [4.78, 5) is 4.53. The number of furan rings is 1. The molecule has 12 heavy (non-hydrogen) atoms. The molecule has 3 heteroatoms. The normalized spacial score (nSPS) is 12.3. The van der Waals surface area contributed by atoms with Crippen LogP contribution in [0.4, 0.5) is 0 Å². The highest BCUT2D eigenvalue weighted by molar-refractivity contribution is 5.83. The Hall–Kier alpha value is -1.51. The Morgan fingerprint density at radius 1 is 1.67 bits per heavy atom. The number of oxime groups is 1. The van der Waals surface area contributed by atoms with E-state index in [1.165, 1.54) is 7.11 Å². The molecule has 0 spiro atoms. The molecule has 0 N–H and O–H groups in total. The molecule has 0 saturated heterocycles. The highest BCUT2D eigenvalue weighted by Crippen LogP contribution is 2.05. The van der Waals surface area contributed by atoms with Gasteiger partial charge in [0, 0.05) is 0 Å². The molecule has 0 saturated carbocycles. The molecule has 0 aliphatic heterocycles. The Bertz CT molecular complexity index is 273. The number of allylic oxidation sites excluding steroid dienone is 1. The van der Waals surface area contributed by atoms with Crippen LogP contribution in [-0.2, 0) is 4.84 Å². The first-order valence-corrected chi connectivity index (χ1v) is 3.61. The molecule has 64 valence electrons. The van der Waals surface area contributed by atoms with Gasteiger partial charge in [-0.3, -0.25) is 0 Å². The van der Waals surface area contributed by atoms with Crippen LogP contribution in [0.1, 0.15) is 12.7 Å². The zero-order valence-electron chi connectivity index (χ0n) is 7.15. The van der Waals surface area contributed by atoms with E-state index in [-0.39, 0.29) is 0 Å². The molecule has 0 fully saturated rings. The van der Waals surface area contributed by atoms with Gasteiger partial charge in [0.1, 0.15) is 12.9 Å². The van der Waals surface area contributed by atoms with Gasteiger partial charge in [0.15, 0.2) is 0 Å². The quantitative estimate of drug-likeness (QED) is 0.508. The molecule has 1 heterocycles. The zero-order valence-corrected chi connectivity index (χ0v) is 7.15. The third-order valence-corrected chi connectivity index (χ3v) is 1.27. The van der Waals surface area contributed by atoms with Gasteiger partial charge in [-0.25, -0.2) is 0 Å². The SMILES string of the molecule is CO/N=C/C(C)=C/c1ccco1. The maximum atomic E-state index is 5.11. The second-order valence-electron chi connectivity index (χ2n) is 2.32. The van der Waals surface area contributed by atoms with E-state index in [2.05, 4.69) is 9.99 Å². The molecule has 0 atom stereocenters. The molecule has 0 unspecified atom stereocenters. The lowest BCUT2D eigenvalue weighted by Crippen LogP contribution is -1.78. The third-order valence-electron chi connectivity index (χ3n) is 1.27. The van der Waals surface area contributed by atoms with Gasteiger partial charge in [-0.05, 0) is 30.7 Å². The number of nitrogens with zero attached hydrogens (tertiary/aromatic N) is 1. The van der Waals surface area contributed by atoms with Crippen LogP contribution in [0, 0.1) is 0 Å². The van der Waals surface area contributed by atoms with Crippen molar-refractivity contribution in [1.29, 1.82) is 0 Å². The van der Waals surface area contributed by atoms with E-state index >= 15 is 0 Å². The van der Waals surface area contributed by atoms with Crippen molar-refractivity contribution in [2.75, 3.05) is 7.11 Å². The molecule has 1 aromatic heterocycles. The largest absolute Gasteiger partial charge is 0.465 e. The lowest BCUT2D eigenvalue weighted by molar-refractivity contribution is 0.215. The van der Waals surface area contributed by atoms with Crippen LogP contribution in [0.15, 0.2) is 33.5 Å². The molecule has 0 radical (unpaired) electrons. The molecular weight excluding hydrogens is 154 g/mol. The van der Waals surface area contributed by atoms with E-state index in [9.17, 15) is 0 Å². The molecule has 1 aromatic rings. The molecule has 1 rings (SSSR count). The Labute approximate surface area is 71.3 Å². The van der Waals surface area contributed by atoms with E-state index < -0.39 is 0 Å².